The molecule has 0 fully saturated rings. The van der Waals surface area contributed by atoms with Gasteiger partial charge in [0.2, 0.25) is 0 Å². The van der Waals surface area contributed by atoms with Gasteiger partial charge in [-0.25, -0.2) is 4.57 Å². The lowest BCUT2D eigenvalue weighted by Gasteiger charge is -2.11. The molecule has 1 heterocycles. The van der Waals surface area contributed by atoms with Crippen molar-refractivity contribution in [1.82, 2.24) is 0 Å². The van der Waals surface area contributed by atoms with Crippen molar-refractivity contribution in [3.63, 3.8) is 0 Å². The summed E-state index contributed by atoms with van der Waals surface area (Å²) in [4.78, 5) is 4.96. The molecule has 0 bridgehead atoms. The molecule has 3 nitrogen and oxygen atoms in total. The van der Waals surface area contributed by atoms with Crippen molar-refractivity contribution in [3.8, 4) is 0 Å². The predicted octanol–water partition coefficient (Wildman–Crippen LogP) is 2.94. The molecule has 21 heavy (non-hydrogen) atoms. The Kier molecular flexibility index (Phi) is 5.64. The molecule has 0 aliphatic heterocycles. The zero-order chi connectivity index (χ0) is 15.1. The van der Waals surface area contributed by atoms with E-state index in [0.717, 1.165) is 11.4 Å². The lowest BCUT2D eigenvalue weighted by atomic mass is 10.1. The lowest BCUT2D eigenvalue weighted by Crippen LogP contribution is -2.44. The van der Waals surface area contributed by atoms with Gasteiger partial charge in [0.15, 0.2) is 6.04 Å². The van der Waals surface area contributed by atoms with E-state index in [1.54, 1.807) is 7.11 Å². The third-order valence-electron chi connectivity index (χ3n) is 3.39. The van der Waals surface area contributed by atoms with Crippen LogP contribution in [0.2, 0.25) is 0 Å². The van der Waals surface area contributed by atoms with Gasteiger partial charge in [0.25, 0.3) is 0 Å². The van der Waals surface area contributed by atoms with Crippen LogP contribution in [0.5, 0.6) is 0 Å². The number of aromatic nitrogens is 1. The van der Waals surface area contributed by atoms with Gasteiger partial charge in [-0.1, -0.05) is 43.1 Å². The monoisotopic (exact) mass is 283 g/mol. The molecule has 0 spiro atoms. The summed E-state index contributed by atoms with van der Waals surface area (Å²) in [6.07, 6.45) is 4.05. The summed E-state index contributed by atoms with van der Waals surface area (Å²) in [5.41, 5.74) is 1.11. The molecule has 0 N–H and O–H groups in total. The van der Waals surface area contributed by atoms with Crippen LogP contribution in [0.3, 0.4) is 0 Å². The van der Waals surface area contributed by atoms with Gasteiger partial charge in [-0.2, -0.15) is 0 Å². The normalized spacial score (nSPS) is 13.4. The van der Waals surface area contributed by atoms with Gasteiger partial charge in [0, 0.05) is 13.0 Å². The Balaban J connectivity index is 2.45. The third-order valence-corrected chi connectivity index (χ3v) is 3.39. The Morgan fingerprint density at radius 1 is 1.05 bits per heavy atom. The number of methoxy groups -OCH3 is 1. The van der Waals surface area contributed by atoms with Crippen LogP contribution in [0, 0.1) is 5.92 Å². The van der Waals surface area contributed by atoms with E-state index in [0.29, 0.717) is 12.5 Å². The molecular weight excluding hydrogens is 260 g/mol. The fraction of sp³-hybridized carbons (Fsp3) is 0.333. The molecule has 0 aliphatic carbocycles. The average Bonchev–Trinajstić information content (AvgIpc) is 2.53. The quantitative estimate of drug-likeness (QED) is 0.470. The summed E-state index contributed by atoms with van der Waals surface area (Å²) in [5.74, 6) is 1.37. The van der Waals surface area contributed by atoms with Crippen molar-refractivity contribution >= 4 is 5.84 Å². The topological polar surface area (TPSA) is 25.5 Å². The molecular formula is C18H23N2O+. The van der Waals surface area contributed by atoms with Crippen LogP contribution in [0.1, 0.15) is 19.4 Å². The van der Waals surface area contributed by atoms with E-state index in [9.17, 15) is 0 Å². The molecule has 2 aromatic rings. The highest BCUT2D eigenvalue weighted by molar-refractivity contribution is 5.91. The van der Waals surface area contributed by atoms with Gasteiger partial charge in [-0.15, -0.1) is 0 Å². The number of pyridine rings is 1. The summed E-state index contributed by atoms with van der Waals surface area (Å²) in [6.45, 7) is 4.97. The maximum Gasteiger partial charge on any atom is 0.329 e. The van der Waals surface area contributed by atoms with Crippen molar-refractivity contribution in [2.75, 3.05) is 13.7 Å². The Morgan fingerprint density at radius 3 is 2.24 bits per heavy atom. The van der Waals surface area contributed by atoms with Crippen LogP contribution in [-0.2, 0) is 4.74 Å². The van der Waals surface area contributed by atoms with Crippen LogP contribution in [-0.4, -0.2) is 25.6 Å². The second kappa shape index (κ2) is 7.70. The minimum atomic E-state index is 0.137. The molecule has 0 unspecified atom stereocenters. The standard InChI is InChI=1S/C18H23N2O/c1-15(2)17(14-21-3)19-18(16-10-6-4-7-11-16)20-12-8-5-9-13-20/h4-13,15,17H,14H2,1-3H3/q+1/t17-/m1/s1. The van der Waals surface area contributed by atoms with E-state index in [-0.39, 0.29) is 6.04 Å². The Hall–Kier alpha value is -2.00. The van der Waals surface area contributed by atoms with E-state index in [1.165, 1.54) is 0 Å². The zero-order valence-corrected chi connectivity index (χ0v) is 12.9. The molecule has 2 rings (SSSR count). The van der Waals surface area contributed by atoms with Gasteiger partial charge in [-0.3, -0.25) is 0 Å². The van der Waals surface area contributed by atoms with Gasteiger partial charge < -0.3 is 4.74 Å². The van der Waals surface area contributed by atoms with Crippen molar-refractivity contribution in [3.05, 3.63) is 66.5 Å². The van der Waals surface area contributed by atoms with Crippen molar-refractivity contribution in [2.24, 2.45) is 10.9 Å². The molecule has 110 valence electrons. The number of benzene rings is 1. The minimum absolute atomic E-state index is 0.137. The van der Waals surface area contributed by atoms with Gasteiger partial charge in [0.05, 0.1) is 24.6 Å². The van der Waals surface area contributed by atoms with E-state index in [1.807, 2.05) is 48.8 Å². The molecule has 3 heteroatoms. The van der Waals surface area contributed by atoms with Crippen LogP contribution in [0.4, 0.5) is 0 Å². The largest absolute Gasteiger partial charge is 0.380 e. The van der Waals surface area contributed by atoms with Gasteiger partial charge in [-0.05, 0) is 24.3 Å². The number of nitrogens with zero attached hydrogens (tertiary/aromatic N) is 2. The second-order valence-electron chi connectivity index (χ2n) is 5.37. The van der Waals surface area contributed by atoms with E-state index in [2.05, 4.69) is 30.5 Å². The zero-order valence-electron chi connectivity index (χ0n) is 12.9. The molecule has 1 atom stereocenters. The van der Waals surface area contributed by atoms with Crippen molar-refractivity contribution in [2.45, 2.75) is 19.9 Å². The minimum Gasteiger partial charge on any atom is -0.380 e. The number of hydrogen-bond acceptors (Lipinski definition) is 2. The highest BCUT2D eigenvalue weighted by Crippen LogP contribution is 2.09. The lowest BCUT2D eigenvalue weighted by molar-refractivity contribution is -0.554. The summed E-state index contributed by atoms with van der Waals surface area (Å²) in [7, 11) is 1.72. The highest BCUT2D eigenvalue weighted by Gasteiger charge is 2.23. The summed E-state index contributed by atoms with van der Waals surface area (Å²) < 4.78 is 7.38. The SMILES string of the molecule is COC[C@@H](N=C(c1ccccc1)[n+]1ccccc1)C(C)C. The first-order chi connectivity index (χ1) is 10.2. The van der Waals surface area contributed by atoms with Crippen LogP contribution >= 0.6 is 0 Å². The third kappa shape index (κ3) is 4.23. The summed E-state index contributed by atoms with van der Waals surface area (Å²) in [5, 5.41) is 0. The molecule has 1 aromatic heterocycles. The molecule has 0 aliphatic rings. The van der Waals surface area contributed by atoms with Crippen molar-refractivity contribution in [1.29, 1.82) is 0 Å². The van der Waals surface area contributed by atoms with Gasteiger partial charge in [0.1, 0.15) is 0 Å². The average molecular weight is 283 g/mol. The van der Waals surface area contributed by atoms with E-state index in [4.69, 9.17) is 9.73 Å². The fourth-order valence-electron chi connectivity index (χ4n) is 2.12. The Labute approximate surface area is 126 Å². The first-order valence-corrected chi connectivity index (χ1v) is 7.31. The number of ether oxygens (including phenoxy) is 1. The highest BCUT2D eigenvalue weighted by atomic mass is 16.5. The molecule has 0 amide bonds. The number of rotatable bonds is 5. The first kappa shape index (κ1) is 15.4. The van der Waals surface area contributed by atoms with Crippen LogP contribution in [0.25, 0.3) is 0 Å². The smallest absolute Gasteiger partial charge is 0.329 e. The van der Waals surface area contributed by atoms with E-state index >= 15 is 0 Å². The van der Waals surface area contributed by atoms with Crippen molar-refractivity contribution < 1.29 is 9.30 Å². The number of hydrogen-bond donors (Lipinski definition) is 0. The molecule has 0 radical (unpaired) electrons. The molecule has 0 saturated carbocycles. The van der Waals surface area contributed by atoms with Crippen LogP contribution < -0.4 is 4.57 Å². The summed E-state index contributed by atoms with van der Waals surface area (Å²) >= 11 is 0. The Bertz CT molecular complexity index is 523. The molecule has 1 aromatic carbocycles. The van der Waals surface area contributed by atoms with Gasteiger partial charge >= 0.3 is 5.84 Å². The maximum atomic E-state index is 5.32. The first-order valence-electron chi connectivity index (χ1n) is 7.31. The number of aliphatic imine (C=N–C) groups is 1. The predicted molar refractivity (Wildman–Crippen MR) is 85.5 cm³/mol. The second-order valence-corrected chi connectivity index (χ2v) is 5.37. The molecule has 0 saturated heterocycles. The Morgan fingerprint density at radius 2 is 1.67 bits per heavy atom. The fourth-order valence-corrected chi connectivity index (χ4v) is 2.12. The van der Waals surface area contributed by atoms with Crippen LogP contribution in [0.15, 0.2) is 65.9 Å². The maximum absolute atomic E-state index is 5.32. The summed E-state index contributed by atoms with van der Waals surface area (Å²) in [6, 6.07) is 16.4. The van der Waals surface area contributed by atoms with E-state index < -0.39 is 0 Å².